The highest BCUT2D eigenvalue weighted by atomic mass is 15.0. The lowest BCUT2D eigenvalue weighted by Gasteiger charge is -2.02. The van der Waals surface area contributed by atoms with Crippen LogP contribution in [0.15, 0.2) is 85.1 Å². The number of rotatable bonds is 5. The van der Waals surface area contributed by atoms with Crippen molar-refractivity contribution in [2.75, 3.05) is 0 Å². The molecule has 0 atom stereocenters. The van der Waals surface area contributed by atoms with E-state index in [1.807, 2.05) is 18.2 Å². The smallest absolute Gasteiger partial charge is 0.177 e. The first-order valence-electron chi connectivity index (χ1n) is 8.47. The third-order valence-electron chi connectivity index (χ3n) is 4.20. The normalized spacial score (nSPS) is 11.4. The Hall–Kier alpha value is -3.20. The van der Waals surface area contributed by atoms with Crippen molar-refractivity contribution in [3.8, 4) is 11.1 Å². The van der Waals surface area contributed by atoms with Gasteiger partial charge >= 0.3 is 0 Å². The predicted octanol–water partition coefficient (Wildman–Crippen LogP) is 4.97. The third-order valence-corrected chi connectivity index (χ3v) is 4.20. The van der Waals surface area contributed by atoms with Gasteiger partial charge in [0.05, 0.1) is 5.52 Å². The van der Waals surface area contributed by atoms with Crippen LogP contribution in [0.3, 0.4) is 0 Å². The zero-order valence-electron chi connectivity index (χ0n) is 13.9. The van der Waals surface area contributed by atoms with Gasteiger partial charge < -0.3 is 4.98 Å². The zero-order valence-corrected chi connectivity index (χ0v) is 13.9. The number of nitrogens with one attached hydrogen (secondary N) is 1. The number of hydrogen-bond acceptors (Lipinski definition) is 2. The van der Waals surface area contributed by atoms with Gasteiger partial charge in [-0.3, -0.25) is 0 Å². The number of H-pyrrole nitrogens is 1. The molecule has 0 unspecified atom stereocenters. The summed E-state index contributed by atoms with van der Waals surface area (Å²) in [5, 5.41) is 0. The summed E-state index contributed by atoms with van der Waals surface area (Å²) >= 11 is 0. The van der Waals surface area contributed by atoms with Crippen LogP contribution in [-0.2, 0) is 12.8 Å². The summed E-state index contributed by atoms with van der Waals surface area (Å²) in [6, 6.07) is 23.1. The highest BCUT2D eigenvalue weighted by Gasteiger charge is 2.00. The van der Waals surface area contributed by atoms with Crippen LogP contribution < -0.4 is 0 Å². The molecule has 3 heteroatoms. The standard InChI is InChI=1S/C22H19N3/c1-2-8-18(9-3-1)19-14-12-17(13-15-19)7-4-5-11-21-24-20-10-6-16-23-22(20)25-21/h1-6,8-10,12-16H,7,11H2,(H,23,24,25). The van der Waals surface area contributed by atoms with Gasteiger partial charge in [0.2, 0.25) is 0 Å². The molecule has 2 heterocycles. The average Bonchev–Trinajstić information content (AvgIpc) is 3.09. The Labute approximate surface area is 147 Å². The summed E-state index contributed by atoms with van der Waals surface area (Å²) in [6.45, 7) is 0. The van der Waals surface area contributed by atoms with Crippen molar-refractivity contribution in [2.24, 2.45) is 0 Å². The second kappa shape index (κ2) is 7.14. The minimum absolute atomic E-state index is 0.780. The molecule has 3 nitrogen and oxygen atoms in total. The Morgan fingerprint density at radius 1 is 0.760 bits per heavy atom. The second-order valence-electron chi connectivity index (χ2n) is 6.00. The third kappa shape index (κ3) is 3.66. The number of hydrogen-bond donors (Lipinski definition) is 1. The minimum atomic E-state index is 0.780. The lowest BCUT2D eigenvalue weighted by atomic mass is 10.0. The van der Waals surface area contributed by atoms with Crippen molar-refractivity contribution < 1.29 is 0 Å². The fourth-order valence-corrected chi connectivity index (χ4v) is 2.87. The molecular formula is C22H19N3. The first kappa shape index (κ1) is 15.3. The van der Waals surface area contributed by atoms with Crippen molar-refractivity contribution in [3.63, 3.8) is 0 Å². The van der Waals surface area contributed by atoms with Gasteiger partial charge in [0, 0.05) is 12.6 Å². The van der Waals surface area contributed by atoms with Crippen LogP contribution in [0.1, 0.15) is 11.4 Å². The molecule has 2 aromatic heterocycles. The fourth-order valence-electron chi connectivity index (χ4n) is 2.87. The van der Waals surface area contributed by atoms with Gasteiger partial charge in [0.25, 0.3) is 0 Å². The van der Waals surface area contributed by atoms with Gasteiger partial charge in [-0.25, -0.2) is 9.97 Å². The molecule has 0 fully saturated rings. The highest BCUT2D eigenvalue weighted by molar-refractivity contribution is 5.69. The van der Waals surface area contributed by atoms with Gasteiger partial charge in [-0.1, -0.05) is 66.7 Å². The predicted molar refractivity (Wildman–Crippen MR) is 102 cm³/mol. The molecular weight excluding hydrogens is 306 g/mol. The molecule has 4 rings (SSSR count). The summed E-state index contributed by atoms with van der Waals surface area (Å²) < 4.78 is 0. The van der Waals surface area contributed by atoms with Crippen molar-refractivity contribution in [1.82, 2.24) is 15.0 Å². The topological polar surface area (TPSA) is 41.6 Å². The van der Waals surface area contributed by atoms with Gasteiger partial charge in [-0.2, -0.15) is 0 Å². The zero-order chi connectivity index (χ0) is 16.9. The molecule has 25 heavy (non-hydrogen) atoms. The molecule has 0 aliphatic heterocycles. The Balaban J connectivity index is 1.37. The molecule has 0 aliphatic rings. The van der Waals surface area contributed by atoms with Crippen molar-refractivity contribution >= 4 is 11.2 Å². The van der Waals surface area contributed by atoms with Crippen LogP contribution >= 0.6 is 0 Å². The van der Waals surface area contributed by atoms with E-state index in [0.29, 0.717) is 0 Å². The highest BCUT2D eigenvalue weighted by Crippen LogP contribution is 2.19. The van der Waals surface area contributed by atoms with E-state index in [4.69, 9.17) is 0 Å². The number of nitrogens with zero attached hydrogens (tertiary/aromatic N) is 2. The van der Waals surface area contributed by atoms with Gasteiger partial charge in [0.15, 0.2) is 5.65 Å². The average molecular weight is 325 g/mol. The molecule has 0 saturated carbocycles. The Morgan fingerprint density at radius 2 is 1.52 bits per heavy atom. The molecule has 0 aliphatic carbocycles. The quantitative estimate of drug-likeness (QED) is 0.527. The summed E-state index contributed by atoms with van der Waals surface area (Å²) in [4.78, 5) is 12.0. The molecule has 0 spiro atoms. The van der Waals surface area contributed by atoms with Crippen LogP contribution in [0.25, 0.3) is 22.3 Å². The molecule has 0 bridgehead atoms. The van der Waals surface area contributed by atoms with Gasteiger partial charge in [0.1, 0.15) is 5.82 Å². The molecule has 0 amide bonds. The van der Waals surface area contributed by atoms with Crippen LogP contribution in [0, 0.1) is 0 Å². The Bertz CT molecular complexity index is 950. The summed E-state index contributed by atoms with van der Waals surface area (Å²) in [7, 11) is 0. The largest absolute Gasteiger partial charge is 0.340 e. The van der Waals surface area contributed by atoms with Crippen LogP contribution in [0.5, 0.6) is 0 Å². The number of aromatic nitrogens is 3. The van der Waals surface area contributed by atoms with Crippen molar-refractivity contribution in [2.45, 2.75) is 12.8 Å². The number of fused-ring (bicyclic) bond motifs is 1. The van der Waals surface area contributed by atoms with Crippen molar-refractivity contribution in [1.29, 1.82) is 0 Å². The van der Waals surface area contributed by atoms with Crippen molar-refractivity contribution in [3.05, 3.63) is 96.5 Å². The number of imidazole rings is 1. The van der Waals surface area contributed by atoms with Crippen LogP contribution in [0.2, 0.25) is 0 Å². The summed E-state index contributed by atoms with van der Waals surface area (Å²) in [6.07, 6.45) is 7.83. The first-order valence-corrected chi connectivity index (χ1v) is 8.47. The molecule has 122 valence electrons. The lowest BCUT2D eigenvalue weighted by Crippen LogP contribution is -1.85. The Morgan fingerprint density at radius 3 is 2.32 bits per heavy atom. The minimum Gasteiger partial charge on any atom is -0.340 e. The molecule has 2 aromatic carbocycles. The van der Waals surface area contributed by atoms with E-state index in [2.05, 4.69) is 75.6 Å². The first-order chi connectivity index (χ1) is 12.4. The summed E-state index contributed by atoms with van der Waals surface area (Å²) in [5.74, 6) is 0.948. The van der Waals surface area contributed by atoms with E-state index in [1.54, 1.807) is 6.20 Å². The van der Waals surface area contributed by atoms with E-state index in [-0.39, 0.29) is 0 Å². The lowest BCUT2D eigenvalue weighted by molar-refractivity contribution is 1.06. The maximum atomic E-state index is 4.48. The monoisotopic (exact) mass is 325 g/mol. The molecule has 0 radical (unpaired) electrons. The second-order valence-corrected chi connectivity index (χ2v) is 6.00. The van der Waals surface area contributed by atoms with E-state index in [0.717, 1.165) is 29.8 Å². The number of allylic oxidation sites excluding steroid dienone is 2. The maximum absolute atomic E-state index is 4.48. The SMILES string of the molecule is C(=CCc1nc2ncccc2[nH]1)Cc1ccc(-c2ccccc2)cc1. The fraction of sp³-hybridized carbons (Fsp3) is 0.0909. The van der Waals surface area contributed by atoms with E-state index >= 15 is 0 Å². The number of pyridine rings is 1. The van der Waals surface area contributed by atoms with E-state index in [9.17, 15) is 0 Å². The summed E-state index contributed by atoms with van der Waals surface area (Å²) in [5.41, 5.74) is 5.58. The molecule has 0 saturated heterocycles. The van der Waals surface area contributed by atoms with E-state index in [1.165, 1.54) is 16.7 Å². The maximum Gasteiger partial charge on any atom is 0.177 e. The number of benzene rings is 2. The Kier molecular flexibility index (Phi) is 4.38. The van der Waals surface area contributed by atoms with E-state index < -0.39 is 0 Å². The molecule has 4 aromatic rings. The van der Waals surface area contributed by atoms with Crippen LogP contribution in [-0.4, -0.2) is 15.0 Å². The number of aromatic amines is 1. The molecule has 1 N–H and O–H groups in total. The van der Waals surface area contributed by atoms with Crippen LogP contribution in [0.4, 0.5) is 0 Å². The van der Waals surface area contributed by atoms with Gasteiger partial charge in [-0.05, 0) is 35.2 Å². The van der Waals surface area contributed by atoms with Gasteiger partial charge in [-0.15, -0.1) is 0 Å².